The Labute approximate surface area is 111 Å². The van der Waals surface area contributed by atoms with Crippen LogP contribution >= 0.6 is 11.6 Å². The van der Waals surface area contributed by atoms with Crippen LogP contribution < -0.4 is 5.73 Å². The lowest BCUT2D eigenvalue weighted by atomic mass is 10.1. The van der Waals surface area contributed by atoms with Gasteiger partial charge in [0.1, 0.15) is 5.82 Å². The number of nitrogens with zero attached hydrogens (tertiary/aromatic N) is 2. The molecule has 0 spiro atoms. The van der Waals surface area contributed by atoms with Gasteiger partial charge in [0.2, 0.25) is 0 Å². The molecule has 3 nitrogen and oxygen atoms in total. The molecule has 2 N–H and O–H groups in total. The van der Waals surface area contributed by atoms with Gasteiger partial charge in [-0.05, 0) is 19.1 Å². The molecule has 0 aliphatic heterocycles. The minimum absolute atomic E-state index is 0.286. The molecule has 18 heavy (non-hydrogen) atoms. The number of hydrogen-bond donors (Lipinski definition) is 1. The molecule has 0 radical (unpaired) electrons. The molecule has 0 fully saturated rings. The van der Waals surface area contributed by atoms with E-state index in [1.165, 1.54) is 12.3 Å². The summed E-state index contributed by atoms with van der Waals surface area (Å²) in [5.74, 6) is -0.339. The summed E-state index contributed by atoms with van der Waals surface area (Å²) in [5.41, 5.74) is 6.52. The van der Waals surface area contributed by atoms with E-state index in [-0.39, 0.29) is 11.9 Å². The van der Waals surface area contributed by atoms with Gasteiger partial charge in [-0.25, -0.2) is 4.39 Å². The van der Waals surface area contributed by atoms with E-state index in [4.69, 9.17) is 17.3 Å². The molecule has 1 aromatic carbocycles. The van der Waals surface area contributed by atoms with Crippen LogP contribution in [0.1, 0.15) is 32.4 Å². The molecule has 0 bridgehead atoms. The first kappa shape index (κ1) is 14.5. The number of anilines is 1. The quantitative estimate of drug-likeness (QED) is 0.899. The Morgan fingerprint density at radius 1 is 1.39 bits per heavy atom. The Hall–Kier alpha value is -1.55. The lowest BCUT2D eigenvalue weighted by molar-refractivity contribution is 0.521. The van der Waals surface area contributed by atoms with Crippen molar-refractivity contribution in [3.63, 3.8) is 0 Å². The van der Waals surface area contributed by atoms with Gasteiger partial charge in [0, 0.05) is 16.8 Å². The van der Waals surface area contributed by atoms with Gasteiger partial charge in [-0.15, -0.1) is 0 Å². The first-order chi connectivity index (χ1) is 8.59. The number of rotatable bonds is 2. The van der Waals surface area contributed by atoms with Crippen molar-refractivity contribution in [1.82, 2.24) is 9.78 Å². The van der Waals surface area contributed by atoms with Gasteiger partial charge < -0.3 is 5.73 Å². The monoisotopic (exact) mass is 269 g/mol. The molecule has 0 saturated heterocycles. The van der Waals surface area contributed by atoms with Crippen LogP contribution in [0.2, 0.25) is 5.02 Å². The Kier molecular flexibility index (Phi) is 5.16. The summed E-state index contributed by atoms with van der Waals surface area (Å²) < 4.78 is 15.2. The second-order valence-electron chi connectivity index (χ2n) is 3.56. The van der Waals surface area contributed by atoms with Crippen LogP contribution in [0.5, 0.6) is 0 Å². The molecule has 0 aliphatic carbocycles. The summed E-state index contributed by atoms with van der Waals surface area (Å²) >= 11 is 5.97. The smallest absolute Gasteiger partial charge is 0.130 e. The van der Waals surface area contributed by atoms with Crippen molar-refractivity contribution in [3.8, 4) is 0 Å². The Balaban J connectivity index is 0.000000771. The van der Waals surface area contributed by atoms with E-state index >= 15 is 0 Å². The fourth-order valence-corrected chi connectivity index (χ4v) is 1.93. The maximum Gasteiger partial charge on any atom is 0.130 e. The van der Waals surface area contributed by atoms with Gasteiger partial charge in [0.25, 0.3) is 0 Å². The summed E-state index contributed by atoms with van der Waals surface area (Å²) in [7, 11) is 0. The van der Waals surface area contributed by atoms with E-state index in [2.05, 4.69) is 5.10 Å². The van der Waals surface area contributed by atoms with Crippen molar-refractivity contribution in [1.29, 1.82) is 0 Å². The molecule has 1 heterocycles. The van der Waals surface area contributed by atoms with Crippen molar-refractivity contribution in [2.75, 3.05) is 5.73 Å². The summed E-state index contributed by atoms with van der Waals surface area (Å²) in [5, 5.41) is 4.43. The zero-order valence-corrected chi connectivity index (χ0v) is 11.4. The maximum atomic E-state index is 13.6. The molecule has 2 aromatic rings. The minimum atomic E-state index is -0.339. The molecule has 0 amide bonds. The first-order valence-electron chi connectivity index (χ1n) is 5.83. The molecule has 1 unspecified atom stereocenters. The highest BCUT2D eigenvalue weighted by atomic mass is 35.5. The normalized spacial score (nSPS) is 11.6. The van der Waals surface area contributed by atoms with E-state index in [1.807, 2.05) is 20.8 Å². The standard InChI is InChI=1S/C11H11ClFN3.C2H6/c1-7(16-6-8(14)5-15-16)11-9(12)3-2-4-10(11)13;1-2/h2-7H,14H2,1H3;1-2H3. The lowest BCUT2D eigenvalue weighted by Gasteiger charge is -2.14. The van der Waals surface area contributed by atoms with E-state index in [0.717, 1.165) is 0 Å². The highest BCUT2D eigenvalue weighted by molar-refractivity contribution is 6.31. The highest BCUT2D eigenvalue weighted by Gasteiger charge is 2.16. The fraction of sp³-hybridized carbons (Fsp3) is 0.308. The van der Waals surface area contributed by atoms with Crippen LogP contribution in [0, 0.1) is 5.82 Å². The van der Waals surface area contributed by atoms with E-state index < -0.39 is 0 Å². The van der Waals surface area contributed by atoms with Gasteiger partial charge in [0.05, 0.1) is 17.9 Å². The summed E-state index contributed by atoms with van der Waals surface area (Å²) in [4.78, 5) is 0. The zero-order chi connectivity index (χ0) is 13.7. The van der Waals surface area contributed by atoms with Gasteiger partial charge in [0.15, 0.2) is 0 Å². The van der Waals surface area contributed by atoms with Crippen LogP contribution in [-0.4, -0.2) is 9.78 Å². The van der Waals surface area contributed by atoms with Crippen LogP contribution in [0.15, 0.2) is 30.6 Å². The molecule has 5 heteroatoms. The highest BCUT2D eigenvalue weighted by Crippen LogP contribution is 2.28. The molecule has 0 aliphatic rings. The lowest BCUT2D eigenvalue weighted by Crippen LogP contribution is -2.09. The summed E-state index contributed by atoms with van der Waals surface area (Å²) in [6, 6.07) is 4.32. The summed E-state index contributed by atoms with van der Waals surface area (Å²) in [6.45, 7) is 5.82. The molecule has 2 rings (SSSR count). The van der Waals surface area contributed by atoms with Crippen molar-refractivity contribution in [3.05, 3.63) is 47.0 Å². The van der Waals surface area contributed by atoms with Crippen molar-refractivity contribution in [2.45, 2.75) is 26.8 Å². The Morgan fingerprint density at radius 3 is 2.56 bits per heavy atom. The number of nitrogen functional groups attached to an aromatic ring is 1. The van der Waals surface area contributed by atoms with Gasteiger partial charge in [-0.1, -0.05) is 31.5 Å². The van der Waals surface area contributed by atoms with Crippen LogP contribution in [0.25, 0.3) is 0 Å². The predicted octanol–water partition coefficient (Wildman–Crippen LogP) is 3.89. The molecule has 1 atom stereocenters. The van der Waals surface area contributed by atoms with Crippen molar-refractivity contribution >= 4 is 17.3 Å². The number of nitrogens with two attached hydrogens (primary N) is 1. The van der Waals surface area contributed by atoms with Gasteiger partial charge in [-0.3, -0.25) is 4.68 Å². The van der Waals surface area contributed by atoms with Crippen LogP contribution in [0.4, 0.5) is 10.1 Å². The minimum Gasteiger partial charge on any atom is -0.396 e. The third-order valence-electron chi connectivity index (χ3n) is 2.44. The number of halogens is 2. The second kappa shape index (κ2) is 6.40. The van der Waals surface area contributed by atoms with E-state index in [0.29, 0.717) is 16.3 Å². The van der Waals surface area contributed by atoms with Crippen LogP contribution in [0.3, 0.4) is 0 Å². The van der Waals surface area contributed by atoms with Crippen molar-refractivity contribution in [2.24, 2.45) is 0 Å². The third-order valence-corrected chi connectivity index (χ3v) is 2.77. The van der Waals surface area contributed by atoms with E-state index in [9.17, 15) is 4.39 Å². The molecule has 98 valence electrons. The molecular weight excluding hydrogens is 253 g/mol. The second-order valence-corrected chi connectivity index (χ2v) is 3.97. The van der Waals surface area contributed by atoms with Crippen LogP contribution in [-0.2, 0) is 0 Å². The molecule has 1 aromatic heterocycles. The maximum absolute atomic E-state index is 13.6. The Bertz CT molecular complexity index is 490. The molecular formula is C13H17ClFN3. The third kappa shape index (κ3) is 3.01. The number of aromatic nitrogens is 2. The molecule has 0 saturated carbocycles. The van der Waals surface area contributed by atoms with E-state index in [1.54, 1.807) is 23.0 Å². The average Bonchev–Trinajstić information content (AvgIpc) is 2.78. The average molecular weight is 270 g/mol. The largest absolute Gasteiger partial charge is 0.396 e. The van der Waals surface area contributed by atoms with Gasteiger partial charge >= 0.3 is 0 Å². The predicted molar refractivity (Wildman–Crippen MR) is 73.2 cm³/mol. The van der Waals surface area contributed by atoms with Crippen molar-refractivity contribution < 1.29 is 4.39 Å². The first-order valence-corrected chi connectivity index (χ1v) is 6.21. The topological polar surface area (TPSA) is 43.8 Å². The number of hydrogen-bond acceptors (Lipinski definition) is 2. The van der Waals surface area contributed by atoms with Gasteiger partial charge in [-0.2, -0.15) is 5.10 Å². The summed E-state index contributed by atoms with van der Waals surface area (Å²) in [6.07, 6.45) is 3.17. The Morgan fingerprint density at radius 2 is 2.06 bits per heavy atom. The number of benzene rings is 1. The zero-order valence-electron chi connectivity index (χ0n) is 10.7. The fourth-order valence-electron chi connectivity index (χ4n) is 1.61. The SMILES string of the molecule is CC.CC(c1c(F)cccc1Cl)n1cc(N)cn1.